The van der Waals surface area contributed by atoms with Gasteiger partial charge in [0.05, 0.1) is 5.75 Å². The third kappa shape index (κ3) is 4.70. The van der Waals surface area contributed by atoms with Crippen LogP contribution < -0.4 is 5.32 Å². The fourth-order valence-electron chi connectivity index (χ4n) is 3.01. The lowest BCUT2D eigenvalue weighted by Gasteiger charge is -2.28. The zero-order chi connectivity index (χ0) is 13.7. The maximum atomic E-state index is 12.2. The first-order chi connectivity index (χ1) is 9.08. The maximum Gasteiger partial charge on any atom is 0.215 e. The molecule has 1 aliphatic heterocycles. The van der Waals surface area contributed by atoms with Crippen LogP contribution in [0.4, 0.5) is 0 Å². The second-order valence-electron chi connectivity index (χ2n) is 5.84. The second-order valence-corrected chi connectivity index (χ2v) is 8.03. The smallest absolute Gasteiger partial charge is 0.215 e. The van der Waals surface area contributed by atoms with Gasteiger partial charge >= 0.3 is 0 Å². The molecule has 5 nitrogen and oxygen atoms in total. The summed E-state index contributed by atoms with van der Waals surface area (Å²) in [5.74, 6) is 0.843. The van der Waals surface area contributed by atoms with Gasteiger partial charge in [-0.3, -0.25) is 4.90 Å². The van der Waals surface area contributed by atoms with Crippen LogP contribution in [0.25, 0.3) is 0 Å². The summed E-state index contributed by atoms with van der Waals surface area (Å²) >= 11 is 0. The Morgan fingerprint density at radius 2 is 1.84 bits per heavy atom. The molecule has 0 spiro atoms. The third-order valence-corrected chi connectivity index (χ3v) is 6.14. The van der Waals surface area contributed by atoms with E-state index in [-0.39, 0.29) is 5.75 Å². The molecule has 2 fully saturated rings. The van der Waals surface area contributed by atoms with Crippen LogP contribution in [0.1, 0.15) is 25.7 Å². The summed E-state index contributed by atoms with van der Waals surface area (Å²) < 4.78 is 26.1. The lowest BCUT2D eigenvalue weighted by atomic mass is 10.1. The van der Waals surface area contributed by atoms with Gasteiger partial charge in [-0.1, -0.05) is 12.8 Å². The molecule has 0 amide bonds. The van der Waals surface area contributed by atoms with E-state index in [2.05, 4.69) is 10.2 Å². The standard InChI is InChI=1S/C13H27N3O2S/c1-15(12-13-4-2-3-5-13)19(17,18)11-10-16-8-6-14-7-9-16/h13-14H,2-12H2,1H3. The van der Waals surface area contributed by atoms with E-state index in [0.29, 0.717) is 19.0 Å². The highest BCUT2D eigenvalue weighted by atomic mass is 32.2. The Balaban J connectivity index is 1.75. The minimum atomic E-state index is -3.08. The van der Waals surface area contributed by atoms with Crippen molar-refractivity contribution in [3.8, 4) is 0 Å². The number of hydrogen-bond donors (Lipinski definition) is 1. The molecule has 1 heterocycles. The van der Waals surface area contributed by atoms with Crippen LogP contribution in [0.2, 0.25) is 0 Å². The summed E-state index contributed by atoms with van der Waals surface area (Å²) in [6.07, 6.45) is 4.91. The molecule has 0 aromatic heterocycles. The molecule has 0 aromatic rings. The van der Waals surface area contributed by atoms with Crippen molar-refractivity contribution in [3.05, 3.63) is 0 Å². The average Bonchev–Trinajstić information content (AvgIpc) is 2.90. The van der Waals surface area contributed by atoms with E-state index in [1.54, 1.807) is 11.4 Å². The lowest BCUT2D eigenvalue weighted by Crippen LogP contribution is -2.46. The highest BCUT2D eigenvalue weighted by Crippen LogP contribution is 2.25. The van der Waals surface area contributed by atoms with Crippen LogP contribution in [-0.2, 0) is 10.0 Å². The first-order valence-electron chi connectivity index (χ1n) is 7.45. The molecule has 1 N–H and O–H groups in total. The van der Waals surface area contributed by atoms with Crippen LogP contribution in [0.5, 0.6) is 0 Å². The Labute approximate surface area is 117 Å². The first kappa shape index (κ1) is 15.2. The molecule has 2 rings (SSSR count). The molecule has 112 valence electrons. The molecule has 0 atom stereocenters. The van der Waals surface area contributed by atoms with Crippen molar-refractivity contribution in [2.45, 2.75) is 25.7 Å². The van der Waals surface area contributed by atoms with Gasteiger partial charge in [-0.25, -0.2) is 12.7 Å². The zero-order valence-electron chi connectivity index (χ0n) is 12.0. The molecule has 6 heteroatoms. The van der Waals surface area contributed by atoms with Gasteiger partial charge in [0, 0.05) is 46.3 Å². The van der Waals surface area contributed by atoms with Crippen molar-refractivity contribution in [2.24, 2.45) is 5.92 Å². The van der Waals surface area contributed by atoms with Crippen molar-refractivity contribution in [2.75, 3.05) is 52.1 Å². The minimum Gasteiger partial charge on any atom is -0.314 e. The van der Waals surface area contributed by atoms with Crippen LogP contribution >= 0.6 is 0 Å². The highest BCUT2D eigenvalue weighted by Gasteiger charge is 2.24. The van der Waals surface area contributed by atoms with Gasteiger partial charge in [0.2, 0.25) is 10.0 Å². The second kappa shape index (κ2) is 7.02. The molecule has 0 bridgehead atoms. The van der Waals surface area contributed by atoms with Crippen molar-refractivity contribution in [3.63, 3.8) is 0 Å². The quantitative estimate of drug-likeness (QED) is 0.766. The monoisotopic (exact) mass is 289 g/mol. The van der Waals surface area contributed by atoms with E-state index >= 15 is 0 Å². The van der Waals surface area contributed by atoms with Crippen molar-refractivity contribution in [1.29, 1.82) is 0 Å². The van der Waals surface area contributed by atoms with E-state index < -0.39 is 10.0 Å². The fraction of sp³-hybridized carbons (Fsp3) is 1.00. The maximum absolute atomic E-state index is 12.2. The number of nitrogens with zero attached hydrogens (tertiary/aromatic N) is 2. The Hall–Kier alpha value is -0.170. The van der Waals surface area contributed by atoms with Crippen LogP contribution in [0.15, 0.2) is 0 Å². The van der Waals surface area contributed by atoms with Crippen molar-refractivity contribution in [1.82, 2.24) is 14.5 Å². The van der Waals surface area contributed by atoms with Gasteiger partial charge in [0.15, 0.2) is 0 Å². The van der Waals surface area contributed by atoms with Gasteiger partial charge < -0.3 is 5.32 Å². The van der Waals surface area contributed by atoms with Crippen LogP contribution in [0, 0.1) is 5.92 Å². The summed E-state index contributed by atoms with van der Waals surface area (Å²) in [5.41, 5.74) is 0. The summed E-state index contributed by atoms with van der Waals surface area (Å²) in [5, 5.41) is 3.28. The van der Waals surface area contributed by atoms with E-state index in [9.17, 15) is 8.42 Å². The number of piperazine rings is 1. The normalized spacial score (nSPS) is 23.3. The van der Waals surface area contributed by atoms with E-state index in [1.165, 1.54) is 25.7 Å². The topological polar surface area (TPSA) is 52.7 Å². The number of rotatable bonds is 6. The van der Waals surface area contributed by atoms with Crippen molar-refractivity contribution < 1.29 is 8.42 Å². The zero-order valence-corrected chi connectivity index (χ0v) is 12.8. The molecule has 19 heavy (non-hydrogen) atoms. The van der Waals surface area contributed by atoms with Crippen LogP contribution in [-0.4, -0.2) is 69.7 Å². The Morgan fingerprint density at radius 1 is 1.21 bits per heavy atom. The largest absolute Gasteiger partial charge is 0.314 e. The summed E-state index contributed by atoms with van der Waals surface area (Å²) in [7, 11) is -1.33. The van der Waals surface area contributed by atoms with E-state index in [1.807, 2.05) is 0 Å². The van der Waals surface area contributed by atoms with Crippen molar-refractivity contribution >= 4 is 10.0 Å². The van der Waals surface area contributed by atoms with Gasteiger partial charge in [0.25, 0.3) is 0 Å². The summed E-state index contributed by atoms with van der Waals surface area (Å²) in [6.45, 7) is 5.24. The predicted molar refractivity (Wildman–Crippen MR) is 77.7 cm³/mol. The average molecular weight is 289 g/mol. The van der Waals surface area contributed by atoms with Gasteiger partial charge in [-0.2, -0.15) is 0 Å². The van der Waals surface area contributed by atoms with E-state index in [4.69, 9.17) is 0 Å². The Bertz CT molecular complexity index is 360. The predicted octanol–water partition coefficient (Wildman–Crippen LogP) is 0.343. The molecule has 1 saturated heterocycles. The van der Waals surface area contributed by atoms with Gasteiger partial charge in [0.1, 0.15) is 0 Å². The number of hydrogen-bond acceptors (Lipinski definition) is 4. The number of nitrogens with one attached hydrogen (secondary N) is 1. The first-order valence-corrected chi connectivity index (χ1v) is 9.06. The highest BCUT2D eigenvalue weighted by molar-refractivity contribution is 7.89. The number of sulfonamides is 1. The third-order valence-electron chi connectivity index (χ3n) is 4.34. The molecular weight excluding hydrogens is 262 g/mol. The molecule has 0 radical (unpaired) electrons. The molecular formula is C13H27N3O2S. The SMILES string of the molecule is CN(CC1CCCC1)S(=O)(=O)CCN1CCNCC1. The van der Waals surface area contributed by atoms with E-state index in [0.717, 1.165) is 26.2 Å². The minimum absolute atomic E-state index is 0.260. The molecule has 1 aliphatic carbocycles. The molecule has 0 unspecified atom stereocenters. The Morgan fingerprint density at radius 3 is 2.47 bits per heavy atom. The molecule has 2 aliphatic rings. The lowest BCUT2D eigenvalue weighted by molar-refractivity contribution is 0.252. The summed E-state index contributed by atoms with van der Waals surface area (Å²) in [6, 6.07) is 0. The van der Waals surface area contributed by atoms with Gasteiger partial charge in [-0.15, -0.1) is 0 Å². The Kier molecular flexibility index (Phi) is 5.62. The van der Waals surface area contributed by atoms with Gasteiger partial charge in [-0.05, 0) is 18.8 Å². The summed E-state index contributed by atoms with van der Waals surface area (Å²) in [4.78, 5) is 2.23. The van der Waals surface area contributed by atoms with Crippen LogP contribution in [0.3, 0.4) is 0 Å². The molecule has 1 saturated carbocycles. The fourth-order valence-corrected chi connectivity index (χ4v) is 4.24. The molecule has 0 aromatic carbocycles.